The Bertz CT molecular complexity index is 536. The summed E-state index contributed by atoms with van der Waals surface area (Å²) in [5, 5.41) is 0. The fraction of sp³-hybridized carbons (Fsp3) is 0.938. The average molecular weight is 520 g/mol. The Morgan fingerprint density at radius 2 is 0.865 bits per heavy atom. The van der Waals surface area contributed by atoms with Crippen LogP contribution in [0.15, 0.2) is 0 Å². The molecule has 0 unspecified atom stereocenters. The molecule has 0 radical (unpaired) electrons. The van der Waals surface area contributed by atoms with E-state index in [0.717, 1.165) is 52.1 Å². The molecule has 0 atom stereocenters. The smallest absolute Gasteiger partial charge is 0.230 e. The van der Waals surface area contributed by atoms with E-state index in [0.29, 0.717) is 19.4 Å². The van der Waals surface area contributed by atoms with Crippen LogP contribution in [0, 0.1) is 0 Å². The first-order valence-corrected chi connectivity index (χ1v) is 16.5. The number of hydrogen-bond donors (Lipinski definition) is 0. The third kappa shape index (κ3) is 15.9. The van der Waals surface area contributed by atoms with E-state index >= 15 is 0 Å². The number of hydrogen-bond acceptors (Lipinski definition) is 4. The highest BCUT2D eigenvalue weighted by atomic mass is 16.2. The van der Waals surface area contributed by atoms with Gasteiger partial charge >= 0.3 is 0 Å². The Balaban J connectivity index is 1.59. The molecule has 0 saturated carbocycles. The third-order valence-electron chi connectivity index (χ3n) is 8.52. The molecule has 0 aliphatic carbocycles. The van der Waals surface area contributed by atoms with Gasteiger partial charge in [0.25, 0.3) is 0 Å². The Hall–Kier alpha value is -0.940. The van der Waals surface area contributed by atoms with Gasteiger partial charge < -0.3 is 9.80 Å². The summed E-state index contributed by atoms with van der Waals surface area (Å²) in [4.78, 5) is 32.7. The zero-order chi connectivity index (χ0) is 26.4. The first-order chi connectivity index (χ1) is 18.2. The SMILES string of the molecule is CCCCCCCCCCCCCCCCN(C(=O)CCN1CCCCC1)C(=O)CCN1CCCCC1. The van der Waals surface area contributed by atoms with E-state index in [1.165, 1.54) is 116 Å². The molecule has 2 saturated heterocycles. The largest absolute Gasteiger partial charge is 0.303 e. The van der Waals surface area contributed by atoms with Gasteiger partial charge in [0, 0.05) is 32.5 Å². The van der Waals surface area contributed by atoms with Gasteiger partial charge in [-0.1, -0.05) is 103 Å². The summed E-state index contributed by atoms with van der Waals surface area (Å²) in [7, 11) is 0. The Morgan fingerprint density at radius 3 is 1.24 bits per heavy atom. The van der Waals surface area contributed by atoms with Crippen LogP contribution in [0.3, 0.4) is 0 Å². The van der Waals surface area contributed by atoms with Crippen molar-refractivity contribution in [1.29, 1.82) is 0 Å². The van der Waals surface area contributed by atoms with E-state index in [1.807, 2.05) is 0 Å². The normalized spacial score (nSPS) is 17.2. The minimum atomic E-state index is 0.0592. The van der Waals surface area contributed by atoms with Gasteiger partial charge in [0.15, 0.2) is 0 Å². The number of amides is 2. The van der Waals surface area contributed by atoms with Gasteiger partial charge in [-0.15, -0.1) is 0 Å². The van der Waals surface area contributed by atoms with Crippen molar-refractivity contribution in [2.45, 2.75) is 148 Å². The second-order valence-corrected chi connectivity index (χ2v) is 11.8. The minimum absolute atomic E-state index is 0.0592. The molecule has 2 fully saturated rings. The highest BCUT2D eigenvalue weighted by Crippen LogP contribution is 2.15. The van der Waals surface area contributed by atoms with Gasteiger partial charge in [-0.3, -0.25) is 14.5 Å². The summed E-state index contributed by atoms with van der Waals surface area (Å²) in [5.41, 5.74) is 0. The third-order valence-corrected chi connectivity index (χ3v) is 8.52. The maximum Gasteiger partial charge on any atom is 0.230 e. The van der Waals surface area contributed by atoms with Crippen molar-refractivity contribution in [2.75, 3.05) is 45.8 Å². The standard InChI is InChI=1S/C32H61N3O2/c1-2-3-4-5-6-7-8-9-10-11-12-13-14-21-28-35(31(36)22-29-33-24-17-15-18-25-33)32(37)23-30-34-26-19-16-20-27-34/h2-30H2,1H3. The lowest BCUT2D eigenvalue weighted by atomic mass is 10.0. The summed E-state index contributed by atoms with van der Waals surface area (Å²) in [6, 6.07) is 0. The van der Waals surface area contributed by atoms with E-state index < -0.39 is 0 Å². The van der Waals surface area contributed by atoms with Crippen molar-refractivity contribution in [3.05, 3.63) is 0 Å². The van der Waals surface area contributed by atoms with Gasteiger partial charge in [0.1, 0.15) is 0 Å². The van der Waals surface area contributed by atoms with Crippen LogP contribution in [0.25, 0.3) is 0 Å². The number of likely N-dealkylation sites (tertiary alicyclic amines) is 2. The summed E-state index contributed by atoms with van der Waals surface area (Å²) in [6.45, 7) is 8.95. The maximum atomic E-state index is 13.1. The molecule has 0 aromatic carbocycles. The zero-order valence-corrected chi connectivity index (χ0v) is 24.7. The number of carbonyl (C=O) groups is 2. The van der Waals surface area contributed by atoms with Crippen molar-refractivity contribution >= 4 is 11.8 Å². The fourth-order valence-electron chi connectivity index (χ4n) is 6.00. The van der Waals surface area contributed by atoms with Gasteiger partial charge in [0.2, 0.25) is 11.8 Å². The van der Waals surface area contributed by atoms with Crippen LogP contribution in [0.2, 0.25) is 0 Å². The first kappa shape index (κ1) is 32.3. The summed E-state index contributed by atoms with van der Waals surface area (Å²) in [5.74, 6) is 0.118. The molecule has 0 spiro atoms. The van der Waals surface area contributed by atoms with Crippen LogP contribution in [0.5, 0.6) is 0 Å². The maximum absolute atomic E-state index is 13.1. The molecule has 2 amide bonds. The lowest BCUT2D eigenvalue weighted by molar-refractivity contribution is -0.145. The second-order valence-electron chi connectivity index (χ2n) is 11.8. The van der Waals surface area contributed by atoms with Crippen molar-refractivity contribution in [3.8, 4) is 0 Å². The van der Waals surface area contributed by atoms with Crippen molar-refractivity contribution < 1.29 is 9.59 Å². The summed E-state index contributed by atoms with van der Waals surface area (Å²) < 4.78 is 0. The average Bonchev–Trinajstić information content (AvgIpc) is 2.93. The number of nitrogens with zero attached hydrogens (tertiary/aromatic N) is 3. The predicted octanol–water partition coefficient (Wildman–Crippen LogP) is 7.57. The number of carbonyl (C=O) groups excluding carboxylic acids is 2. The second kappa shape index (κ2) is 21.9. The lowest BCUT2D eigenvalue weighted by Gasteiger charge is -2.29. The Kier molecular flexibility index (Phi) is 19.1. The van der Waals surface area contributed by atoms with Gasteiger partial charge in [-0.05, 0) is 58.3 Å². The first-order valence-electron chi connectivity index (χ1n) is 16.5. The molecule has 2 rings (SSSR count). The van der Waals surface area contributed by atoms with E-state index in [1.54, 1.807) is 4.90 Å². The van der Waals surface area contributed by atoms with Crippen LogP contribution in [0.1, 0.15) is 148 Å². The molecule has 5 heteroatoms. The van der Waals surface area contributed by atoms with Gasteiger partial charge in [0.05, 0.1) is 0 Å². The summed E-state index contributed by atoms with van der Waals surface area (Å²) in [6.07, 6.45) is 27.1. The van der Waals surface area contributed by atoms with Crippen molar-refractivity contribution in [3.63, 3.8) is 0 Å². The van der Waals surface area contributed by atoms with Crippen molar-refractivity contribution in [1.82, 2.24) is 14.7 Å². The number of rotatable bonds is 21. The molecule has 0 aromatic rings. The number of piperidine rings is 2. The van der Waals surface area contributed by atoms with E-state index in [4.69, 9.17) is 0 Å². The Morgan fingerprint density at radius 1 is 0.514 bits per heavy atom. The predicted molar refractivity (Wildman–Crippen MR) is 157 cm³/mol. The number of unbranched alkanes of at least 4 members (excludes halogenated alkanes) is 13. The molecule has 2 heterocycles. The van der Waals surface area contributed by atoms with E-state index in [9.17, 15) is 9.59 Å². The molecule has 5 nitrogen and oxygen atoms in total. The zero-order valence-electron chi connectivity index (χ0n) is 24.7. The van der Waals surface area contributed by atoms with Crippen LogP contribution >= 0.6 is 0 Å². The summed E-state index contributed by atoms with van der Waals surface area (Å²) >= 11 is 0. The number of imide groups is 1. The molecule has 0 bridgehead atoms. The molecule has 216 valence electrons. The highest BCUT2D eigenvalue weighted by molar-refractivity contribution is 5.95. The lowest BCUT2D eigenvalue weighted by Crippen LogP contribution is -2.42. The highest BCUT2D eigenvalue weighted by Gasteiger charge is 2.23. The monoisotopic (exact) mass is 519 g/mol. The molecule has 2 aliphatic heterocycles. The minimum Gasteiger partial charge on any atom is -0.303 e. The molecule has 37 heavy (non-hydrogen) atoms. The topological polar surface area (TPSA) is 43.9 Å². The van der Waals surface area contributed by atoms with E-state index in [-0.39, 0.29) is 11.8 Å². The van der Waals surface area contributed by atoms with Crippen LogP contribution in [0.4, 0.5) is 0 Å². The van der Waals surface area contributed by atoms with Crippen LogP contribution < -0.4 is 0 Å². The Labute approximate surface area is 230 Å². The van der Waals surface area contributed by atoms with E-state index in [2.05, 4.69) is 16.7 Å². The fourth-order valence-corrected chi connectivity index (χ4v) is 6.00. The molecule has 0 N–H and O–H groups in total. The molecule has 2 aliphatic rings. The molecular weight excluding hydrogens is 458 g/mol. The van der Waals surface area contributed by atoms with Crippen LogP contribution in [-0.4, -0.2) is 72.3 Å². The molecule has 0 aromatic heterocycles. The quantitative estimate of drug-likeness (QED) is 0.147. The van der Waals surface area contributed by atoms with Gasteiger partial charge in [-0.2, -0.15) is 0 Å². The molecular formula is C32H61N3O2. The van der Waals surface area contributed by atoms with Crippen molar-refractivity contribution in [2.24, 2.45) is 0 Å². The van der Waals surface area contributed by atoms with Crippen LogP contribution in [-0.2, 0) is 9.59 Å². The van der Waals surface area contributed by atoms with Gasteiger partial charge in [-0.25, -0.2) is 0 Å².